The first kappa shape index (κ1) is 21.1. The number of aryl methyl sites for hydroxylation is 1. The Kier molecular flexibility index (Phi) is 6.32. The van der Waals surface area contributed by atoms with Crippen LogP contribution in [0.3, 0.4) is 0 Å². The topological polar surface area (TPSA) is 62.6 Å². The van der Waals surface area contributed by atoms with Crippen LogP contribution in [-0.4, -0.2) is 35.5 Å². The van der Waals surface area contributed by atoms with Crippen molar-refractivity contribution in [3.05, 3.63) is 75.7 Å². The molecule has 1 aliphatic heterocycles. The van der Waals surface area contributed by atoms with Gasteiger partial charge in [0.2, 0.25) is 0 Å². The second kappa shape index (κ2) is 9.31. The molecule has 2 aromatic carbocycles. The molecule has 1 aliphatic rings. The fraction of sp³-hybridized carbons (Fsp3) is 0.333. The molecule has 1 atom stereocenters. The Morgan fingerprint density at radius 3 is 2.77 bits per heavy atom. The van der Waals surface area contributed by atoms with E-state index in [1.165, 1.54) is 22.8 Å². The van der Waals surface area contributed by atoms with Gasteiger partial charge in [-0.2, -0.15) is 4.98 Å². The van der Waals surface area contributed by atoms with Gasteiger partial charge in [0.25, 0.3) is 5.56 Å². The third-order valence-electron chi connectivity index (χ3n) is 5.41. The van der Waals surface area contributed by atoms with Crippen LogP contribution in [0, 0.1) is 13.8 Å². The first-order valence-corrected chi connectivity index (χ1v) is 10.3. The van der Waals surface area contributed by atoms with Crippen molar-refractivity contribution < 1.29 is 18.6 Å². The molecule has 2 heterocycles. The van der Waals surface area contributed by atoms with Gasteiger partial charge < -0.3 is 14.2 Å². The predicted octanol–water partition coefficient (Wildman–Crippen LogP) is 3.85. The lowest BCUT2D eigenvalue weighted by atomic mass is 9.97. The van der Waals surface area contributed by atoms with E-state index in [4.69, 9.17) is 14.2 Å². The van der Waals surface area contributed by atoms with Crippen molar-refractivity contribution >= 4 is 0 Å². The number of alkyl halides is 1. The fourth-order valence-corrected chi connectivity index (χ4v) is 3.63. The normalized spacial score (nSPS) is 14.9. The van der Waals surface area contributed by atoms with Gasteiger partial charge in [0, 0.05) is 6.07 Å². The third-order valence-corrected chi connectivity index (χ3v) is 5.41. The SMILES string of the molecule is Cc1cccc(-c2ccc(OC[C@@H]3Cn4c(COCCF)cc(=O)nc4O3)cc2)c1C. The van der Waals surface area contributed by atoms with Crippen molar-refractivity contribution in [3.8, 4) is 22.9 Å². The Morgan fingerprint density at radius 2 is 2.00 bits per heavy atom. The van der Waals surface area contributed by atoms with Gasteiger partial charge in [-0.05, 0) is 48.2 Å². The average molecular weight is 424 g/mol. The monoisotopic (exact) mass is 424 g/mol. The van der Waals surface area contributed by atoms with Gasteiger partial charge >= 0.3 is 6.01 Å². The van der Waals surface area contributed by atoms with Gasteiger partial charge in [-0.25, -0.2) is 4.39 Å². The maximum absolute atomic E-state index is 12.3. The fourth-order valence-electron chi connectivity index (χ4n) is 3.63. The first-order chi connectivity index (χ1) is 15.0. The average Bonchev–Trinajstić information content (AvgIpc) is 3.18. The van der Waals surface area contributed by atoms with Crippen LogP contribution in [0.15, 0.2) is 53.3 Å². The smallest absolute Gasteiger partial charge is 0.300 e. The van der Waals surface area contributed by atoms with Crippen LogP contribution in [0.25, 0.3) is 11.1 Å². The molecule has 3 aromatic rings. The van der Waals surface area contributed by atoms with E-state index in [1.54, 1.807) is 4.57 Å². The molecule has 0 bridgehead atoms. The number of fused-ring (bicyclic) bond motifs is 1. The Balaban J connectivity index is 1.39. The van der Waals surface area contributed by atoms with E-state index < -0.39 is 12.2 Å². The van der Waals surface area contributed by atoms with Gasteiger partial charge in [0.1, 0.15) is 19.0 Å². The lowest BCUT2D eigenvalue weighted by molar-refractivity contribution is 0.101. The first-order valence-electron chi connectivity index (χ1n) is 10.3. The van der Waals surface area contributed by atoms with Gasteiger partial charge in [0.15, 0.2) is 6.10 Å². The summed E-state index contributed by atoms with van der Waals surface area (Å²) in [5.74, 6) is 0.739. The lowest BCUT2D eigenvalue weighted by Gasteiger charge is -2.13. The molecule has 0 N–H and O–H groups in total. The van der Waals surface area contributed by atoms with E-state index in [1.807, 2.05) is 24.3 Å². The van der Waals surface area contributed by atoms with Crippen LogP contribution in [0.4, 0.5) is 4.39 Å². The molecule has 162 valence electrons. The number of hydrogen-bond acceptors (Lipinski definition) is 5. The van der Waals surface area contributed by atoms with Gasteiger partial charge in [-0.3, -0.25) is 9.36 Å². The standard InChI is InChI=1S/C24H25FN2O4/c1-16-4-3-5-22(17(16)2)18-6-8-20(9-7-18)30-15-21-13-27-19(14-29-11-10-25)12-23(28)26-24(27)31-21/h3-9,12,21H,10-11,13-15H2,1-2H3/t21-/m0/s1. The summed E-state index contributed by atoms with van der Waals surface area (Å²) in [6, 6.07) is 15.9. The maximum atomic E-state index is 12.3. The highest BCUT2D eigenvalue weighted by Crippen LogP contribution is 2.27. The van der Waals surface area contributed by atoms with E-state index in [0.717, 1.165) is 11.3 Å². The number of ether oxygens (including phenoxy) is 3. The zero-order chi connectivity index (χ0) is 21.8. The number of aromatic nitrogens is 2. The Labute approximate surface area is 180 Å². The van der Waals surface area contributed by atoms with Crippen molar-refractivity contribution in [1.82, 2.24) is 9.55 Å². The van der Waals surface area contributed by atoms with Crippen molar-refractivity contribution in [2.75, 3.05) is 19.9 Å². The van der Waals surface area contributed by atoms with Gasteiger partial charge in [0.05, 0.1) is 25.5 Å². The maximum Gasteiger partial charge on any atom is 0.300 e. The van der Waals surface area contributed by atoms with Crippen molar-refractivity contribution in [2.45, 2.75) is 33.1 Å². The highest BCUT2D eigenvalue weighted by Gasteiger charge is 2.26. The molecule has 0 unspecified atom stereocenters. The third kappa shape index (κ3) is 4.77. The minimum atomic E-state index is -0.572. The predicted molar refractivity (Wildman–Crippen MR) is 115 cm³/mol. The quantitative estimate of drug-likeness (QED) is 0.514. The van der Waals surface area contributed by atoms with Crippen molar-refractivity contribution in [2.24, 2.45) is 0 Å². The minimum Gasteiger partial charge on any atom is -0.490 e. The number of halogens is 1. The molecular formula is C24H25FN2O4. The van der Waals surface area contributed by atoms with Crippen LogP contribution in [0.5, 0.6) is 11.8 Å². The molecule has 0 aliphatic carbocycles. The van der Waals surface area contributed by atoms with Crippen molar-refractivity contribution in [3.63, 3.8) is 0 Å². The summed E-state index contributed by atoms with van der Waals surface area (Å²) < 4.78 is 31.0. The van der Waals surface area contributed by atoms with Gasteiger partial charge in [-0.15, -0.1) is 0 Å². The summed E-state index contributed by atoms with van der Waals surface area (Å²) in [5, 5.41) is 0. The highest BCUT2D eigenvalue weighted by atomic mass is 19.1. The van der Waals surface area contributed by atoms with Crippen LogP contribution >= 0.6 is 0 Å². The molecule has 1 aromatic heterocycles. The molecule has 0 amide bonds. The molecule has 0 fully saturated rings. The second-order valence-corrected chi connectivity index (χ2v) is 7.54. The van der Waals surface area contributed by atoms with E-state index in [0.29, 0.717) is 18.8 Å². The molecule has 6 nitrogen and oxygen atoms in total. The van der Waals surface area contributed by atoms with Crippen molar-refractivity contribution in [1.29, 1.82) is 0 Å². The minimum absolute atomic E-state index is 0.0166. The molecule has 0 spiro atoms. The summed E-state index contributed by atoms with van der Waals surface area (Å²) in [5.41, 5.74) is 5.08. The molecule has 0 saturated heterocycles. The summed E-state index contributed by atoms with van der Waals surface area (Å²) in [7, 11) is 0. The molecule has 0 saturated carbocycles. The van der Waals surface area contributed by atoms with E-state index in [9.17, 15) is 9.18 Å². The Morgan fingerprint density at radius 1 is 1.19 bits per heavy atom. The van der Waals surface area contributed by atoms with Crippen LogP contribution in [0.1, 0.15) is 16.8 Å². The number of hydrogen-bond donors (Lipinski definition) is 0. The van der Waals surface area contributed by atoms with E-state index in [2.05, 4.69) is 37.0 Å². The molecule has 0 radical (unpaired) electrons. The summed E-state index contributed by atoms with van der Waals surface area (Å²) in [6.45, 7) is 4.57. The van der Waals surface area contributed by atoms with Crippen LogP contribution in [0.2, 0.25) is 0 Å². The number of nitrogens with zero attached hydrogens (tertiary/aromatic N) is 2. The number of rotatable bonds is 8. The van der Waals surface area contributed by atoms with Gasteiger partial charge in [-0.1, -0.05) is 30.3 Å². The molecular weight excluding hydrogens is 399 g/mol. The second-order valence-electron chi connectivity index (χ2n) is 7.54. The summed E-state index contributed by atoms with van der Waals surface area (Å²) in [6.07, 6.45) is -0.284. The summed E-state index contributed by atoms with van der Waals surface area (Å²) in [4.78, 5) is 15.7. The molecule has 7 heteroatoms. The molecule has 31 heavy (non-hydrogen) atoms. The van der Waals surface area contributed by atoms with Crippen LogP contribution < -0.4 is 15.0 Å². The van der Waals surface area contributed by atoms with Crippen LogP contribution in [-0.2, 0) is 17.9 Å². The Bertz CT molecular complexity index is 1110. The number of benzene rings is 2. The molecule has 4 rings (SSSR count). The lowest BCUT2D eigenvalue weighted by Crippen LogP contribution is -2.23. The van der Waals surface area contributed by atoms with E-state index in [-0.39, 0.29) is 25.3 Å². The zero-order valence-electron chi connectivity index (χ0n) is 17.6. The summed E-state index contributed by atoms with van der Waals surface area (Å²) >= 11 is 0. The highest BCUT2D eigenvalue weighted by molar-refractivity contribution is 5.68. The Hall–Kier alpha value is -3.19. The van der Waals surface area contributed by atoms with E-state index >= 15 is 0 Å². The largest absolute Gasteiger partial charge is 0.490 e. The zero-order valence-corrected chi connectivity index (χ0v) is 17.6.